The van der Waals surface area contributed by atoms with Crippen LogP contribution < -0.4 is 10.6 Å². The van der Waals surface area contributed by atoms with Crippen molar-refractivity contribution in [3.8, 4) is 11.1 Å². The van der Waals surface area contributed by atoms with E-state index < -0.39 is 0 Å². The fourth-order valence-electron chi connectivity index (χ4n) is 3.92. The number of nitrogens with zero attached hydrogens (tertiary/aromatic N) is 3. The van der Waals surface area contributed by atoms with Crippen molar-refractivity contribution < 1.29 is 9.53 Å². The third kappa shape index (κ3) is 4.76. The predicted octanol–water partition coefficient (Wildman–Crippen LogP) is 5.15. The van der Waals surface area contributed by atoms with Crippen molar-refractivity contribution in [3.05, 3.63) is 46.6 Å². The lowest BCUT2D eigenvalue weighted by Gasteiger charge is -2.27. The highest BCUT2D eigenvalue weighted by molar-refractivity contribution is 6.45. The van der Waals surface area contributed by atoms with Gasteiger partial charge in [0.2, 0.25) is 0 Å². The molecule has 1 aliphatic rings. The number of Topliss-reactive ketones (excluding diaryl/α,β-unsaturated/α-hetero) is 1. The van der Waals surface area contributed by atoms with Crippen LogP contribution in [-0.2, 0) is 9.53 Å². The Kier molecular flexibility index (Phi) is 6.60. The van der Waals surface area contributed by atoms with Crippen LogP contribution in [0.25, 0.3) is 22.0 Å². The van der Waals surface area contributed by atoms with Gasteiger partial charge in [-0.2, -0.15) is 0 Å². The van der Waals surface area contributed by atoms with Gasteiger partial charge >= 0.3 is 0 Å². The molecule has 0 bridgehead atoms. The van der Waals surface area contributed by atoms with Gasteiger partial charge in [0.1, 0.15) is 17.4 Å². The van der Waals surface area contributed by atoms with Crippen molar-refractivity contribution in [2.75, 3.05) is 30.4 Å². The zero-order valence-corrected chi connectivity index (χ0v) is 18.8. The first-order valence-corrected chi connectivity index (χ1v) is 11.0. The fourth-order valence-corrected chi connectivity index (χ4v) is 4.28. The van der Waals surface area contributed by atoms with Crippen molar-refractivity contribution in [1.29, 1.82) is 0 Å². The lowest BCUT2D eigenvalue weighted by Crippen LogP contribution is -2.34. The van der Waals surface area contributed by atoms with Gasteiger partial charge in [-0.25, -0.2) is 9.97 Å². The Labute approximate surface area is 191 Å². The molecule has 1 fully saturated rings. The molecule has 0 unspecified atom stereocenters. The molecule has 0 amide bonds. The molecular weight excluding hydrogens is 435 g/mol. The molecule has 8 heteroatoms. The summed E-state index contributed by atoms with van der Waals surface area (Å²) in [5, 5.41) is 1.79. The summed E-state index contributed by atoms with van der Waals surface area (Å²) in [6, 6.07) is 9.68. The molecule has 0 saturated carbocycles. The molecule has 3 aromatic rings. The molecule has 6 nitrogen and oxygen atoms in total. The van der Waals surface area contributed by atoms with Gasteiger partial charge in [-0.1, -0.05) is 29.3 Å². The van der Waals surface area contributed by atoms with Crippen LogP contribution in [0.1, 0.15) is 26.2 Å². The van der Waals surface area contributed by atoms with Crippen LogP contribution in [0.2, 0.25) is 10.0 Å². The number of pyridine rings is 2. The first-order valence-electron chi connectivity index (χ1n) is 10.3. The van der Waals surface area contributed by atoms with Gasteiger partial charge < -0.3 is 15.4 Å². The monoisotopic (exact) mass is 458 g/mol. The van der Waals surface area contributed by atoms with Crippen molar-refractivity contribution in [3.63, 3.8) is 0 Å². The SMILES string of the molecule is CC(=O)CCOC[C@@H]1CCCN1c1cc(-c2ccc(N)nc2)c2ccc(Cl)c(Cl)c2n1. The van der Waals surface area contributed by atoms with Crippen LogP contribution in [0.4, 0.5) is 11.6 Å². The average molecular weight is 459 g/mol. The molecule has 1 saturated heterocycles. The summed E-state index contributed by atoms with van der Waals surface area (Å²) in [6.07, 6.45) is 4.23. The molecule has 162 valence electrons. The molecular formula is C23H24Cl2N4O2. The number of rotatable bonds is 7. The first-order chi connectivity index (χ1) is 14.9. The van der Waals surface area contributed by atoms with Gasteiger partial charge in [0.15, 0.2) is 0 Å². The summed E-state index contributed by atoms with van der Waals surface area (Å²) in [4.78, 5) is 22.5. The summed E-state index contributed by atoms with van der Waals surface area (Å²) < 4.78 is 5.78. The van der Waals surface area contributed by atoms with Gasteiger partial charge in [0.25, 0.3) is 0 Å². The van der Waals surface area contributed by atoms with Crippen LogP contribution >= 0.6 is 23.2 Å². The number of aromatic nitrogens is 2. The van der Waals surface area contributed by atoms with E-state index >= 15 is 0 Å². The Balaban J connectivity index is 1.72. The highest BCUT2D eigenvalue weighted by Gasteiger charge is 2.27. The smallest absolute Gasteiger partial charge is 0.132 e. The molecule has 3 heterocycles. The molecule has 4 rings (SSSR count). The van der Waals surface area contributed by atoms with E-state index in [9.17, 15) is 4.79 Å². The van der Waals surface area contributed by atoms with Gasteiger partial charge in [-0.3, -0.25) is 4.79 Å². The standard InChI is InChI=1S/C23H24Cl2N4O2/c1-14(30)8-10-31-13-16-3-2-9-29(16)21-11-18(15-4-7-20(26)27-12-15)17-5-6-19(24)22(25)23(17)28-21/h4-7,11-12,16H,2-3,8-10,13H2,1H3,(H2,26,27)/t16-/m0/s1. The largest absolute Gasteiger partial charge is 0.384 e. The van der Waals surface area contributed by atoms with E-state index in [-0.39, 0.29) is 11.8 Å². The lowest BCUT2D eigenvalue weighted by molar-refractivity contribution is -0.118. The van der Waals surface area contributed by atoms with Crippen molar-refractivity contribution in [2.24, 2.45) is 0 Å². The normalized spacial score (nSPS) is 16.2. The second-order valence-electron chi connectivity index (χ2n) is 7.77. The fraction of sp³-hybridized carbons (Fsp3) is 0.348. The molecule has 1 aromatic carbocycles. The van der Waals surface area contributed by atoms with Crippen LogP contribution in [0.5, 0.6) is 0 Å². The zero-order valence-electron chi connectivity index (χ0n) is 17.3. The van der Waals surface area contributed by atoms with E-state index in [0.717, 1.165) is 41.7 Å². The molecule has 31 heavy (non-hydrogen) atoms. The van der Waals surface area contributed by atoms with Crippen molar-refractivity contribution in [1.82, 2.24) is 9.97 Å². The molecule has 1 aliphatic heterocycles. The Bertz CT molecular complexity index is 1100. The molecule has 0 aliphatic carbocycles. The number of benzene rings is 1. The van der Waals surface area contributed by atoms with Crippen LogP contribution in [-0.4, -0.2) is 41.6 Å². The number of fused-ring (bicyclic) bond motifs is 1. The second kappa shape index (κ2) is 9.39. The summed E-state index contributed by atoms with van der Waals surface area (Å²) >= 11 is 12.8. The number of halogens is 2. The summed E-state index contributed by atoms with van der Waals surface area (Å²) in [7, 11) is 0. The molecule has 1 atom stereocenters. The highest BCUT2D eigenvalue weighted by Crippen LogP contribution is 2.38. The molecule has 2 aromatic heterocycles. The van der Waals surface area contributed by atoms with E-state index in [4.69, 9.17) is 38.7 Å². The highest BCUT2D eigenvalue weighted by atomic mass is 35.5. The van der Waals surface area contributed by atoms with Crippen LogP contribution in [0, 0.1) is 0 Å². The first kappa shape index (κ1) is 21.8. The Hall–Kier alpha value is -2.41. The van der Waals surface area contributed by atoms with Crippen molar-refractivity contribution in [2.45, 2.75) is 32.2 Å². The minimum Gasteiger partial charge on any atom is -0.384 e. The third-order valence-corrected chi connectivity index (χ3v) is 6.33. The van der Waals surface area contributed by atoms with Gasteiger partial charge in [0, 0.05) is 30.1 Å². The quantitative estimate of drug-likeness (QED) is 0.492. The van der Waals surface area contributed by atoms with E-state index in [1.165, 1.54) is 0 Å². The van der Waals surface area contributed by atoms with E-state index in [1.807, 2.05) is 12.1 Å². The summed E-state index contributed by atoms with van der Waals surface area (Å²) in [6.45, 7) is 3.44. The number of carbonyl (C=O) groups excluding carboxylic acids is 1. The summed E-state index contributed by atoms with van der Waals surface area (Å²) in [5.41, 5.74) is 8.33. The number of hydrogen-bond acceptors (Lipinski definition) is 6. The topological polar surface area (TPSA) is 81.3 Å². The number of nitrogen functional groups attached to an aromatic ring is 1. The third-order valence-electron chi connectivity index (χ3n) is 5.54. The number of ketones is 1. The van der Waals surface area contributed by atoms with E-state index in [2.05, 4.69) is 16.0 Å². The predicted molar refractivity (Wildman–Crippen MR) is 126 cm³/mol. The zero-order chi connectivity index (χ0) is 22.0. The molecule has 0 spiro atoms. The summed E-state index contributed by atoms with van der Waals surface area (Å²) in [5.74, 6) is 1.42. The number of nitrogens with two attached hydrogens (primary N) is 1. The lowest BCUT2D eigenvalue weighted by atomic mass is 10.0. The minimum atomic E-state index is 0.132. The number of hydrogen-bond donors (Lipinski definition) is 1. The number of ether oxygens (including phenoxy) is 1. The average Bonchev–Trinajstić information content (AvgIpc) is 3.22. The maximum atomic E-state index is 11.2. The van der Waals surface area contributed by atoms with Crippen LogP contribution in [0.15, 0.2) is 36.5 Å². The Morgan fingerprint density at radius 3 is 2.87 bits per heavy atom. The van der Waals surface area contributed by atoms with Gasteiger partial charge in [-0.15, -0.1) is 0 Å². The van der Waals surface area contributed by atoms with Crippen molar-refractivity contribution >= 4 is 51.5 Å². The van der Waals surface area contributed by atoms with Gasteiger partial charge in [0.05, 0.1) is 34.8 Å². The van der Waals surface area contributed by atoms with Gasteiger partial charge in [-0.05, 0) is 49.6 Å². The number of carbonyl (C=O) groups is 1. The maximum absolute atomic E-state index is 11.2. The Morgan fingerprint density at radius 1 is 1.29 bits per heavy atom. The maximum Gasteiger partial charge on any atom is 0.132 e. The molecule has 2 N–H and O–H groups in total. The second-order valence-corrected chi connectivity index (χ2v) is 8.56. The number of anilines is 2. The van der Waals surface area contributed by atoms with Crippen LogP contribution in [0.3, 0.4) is 0 Å². The minimum absolute atomic E-state index is 0.132. The van der Waals surface area contributed by atoms with E-state index in [1.54, 1.807) is 25.3 Å². The molecule has 0 radical (unpaired) electrons. The Morgan fingerprint density at radius 2 is 2.13 bits per heavy atom. The van der Waals surface area contributed by atoms with E-state index in [0.29, 0.717) is 41.0 Å².